The molecule has 16 heavy (non-hydrogen) atoms. The van der Waals surface area contributed by atoms with E-state index in [0.717, 1.165) is 27.3 Å². The fourth-order valence-corrected chi connectivity index (χ4v) is 3.66. The van der Waals surface area contributed by atoms with Crippen molar-refractivity contribution < 1.29 is 0 Å². The zero-order valence-electron chi connectivity index (χ0n) is 9.30. The Balaban J connectivity index is 1.96. The molecule has 2 heterocycles. The summed E-state index contributed by atoms with van der Waals surface area (Å²) in [6.07, 6.45) is 3.90. The molecule has 2 nitrogen and oxygen atoms in total. The topological polar surface area (TPSA) is 15.3 Å². The van der Waals surface area contributed by atoms with Crippen LogP contribution < -0.4 is 5.43 Å². The molecule has 0 aliphatic carbocycles. The van der Waals surface area contributed by atoms with Crippen molar-refractivity contribution in [3.8, 4) is 0 Å². The van der Waals surface area contributed by atoms with Crippen molar-refractivity contribution in [2.75, 3.05) is 13.1 Å². The SMILES string of the molecule is CC(NN1CCCCC1)c1cc(Cl)sc1Cl. The van der Waals surface area contributed by atoms with Crippen molar-refractivity contribution in [1.29, 1.82) is 0 Å². The van der Waals surface area contributed by atoms with Gasteiger partial charge in [-0.3, -0.25) is 0 Å². The average Bonchev–Trinajstić information content (AvgIpc) is 2.59. The molecule has 1 atom stereocenters. The van der Waals surface area contributed by atoms with Crippen LogP contribution in [0, 0.1) is 0 Å². The van der Waals surface area contributed by atoms with Gasteiger partial charge in [-0.05, 0) is 25.8 Å². The molecule has 1 N–H and O–H groups in total. The van der Waals surface area contributed by atoms with Crippen molar-refractivity contribution in [1.82, 2.24) is 10.4 Å². The molecular formula is C11H16Cl2N2S. The van der Waals surface area contributed by atoms with E-state index < -0.39 is 0 Å². The smallest absolute Gasteiger partial charge is 0.0992 e. The van der Waals surface area contributed by atoms with Crippen LogP contribution in [-0.4, -0.2) is 18.1 Å². The number of halogens is 2. The number of hydrogen-bond donors (Lipinski definition) is 1. The number of thiophene rings is 1. The van der Waals surface area contributed by atoms with Crippen molar-refractivity contribution >= 4 is 34.5 Å². The van der Waals surface area contributed by atoms with Gasteiger partial charge in [0, 0.05) is 24.7 Å². The third-order valence-electron chi connectivity index (χ3n) is 2.88. The van der Waals surface area contributed by atoms with Crippen molar-refractivity contribution in [2.24, 2.45) is 0 Å². The molecule has 0 amide bonds. The van der Waals surface area contributed by atoms with Crippen LogP contribution in [0.2, 0.25) is 8.67 Å². The third kappa shape index (κ3) is 3.11. The first kappa shape index (κ1) is 12.7. The van der Waals surface area contributed by atoms with Gasteiger partial charge >= 0.3 is 0 Å². The molecule has 1 fully saturated rings. The van der Waals surface area contributed by atoms with Gasteiger partial charge in [0.2, 0.25) is 0 Å². The Labute approximate surface area is 111 Å². The normalized spacial score (nSPS) is 19.9. The quantitative estimate of drug-likeness (QED) is 0.895. The van der Waals surface area contributed by atoms with Gasteiger partial charge < -0.3 is 0 Å². The number of piperidine rings is 1. The van der Waals surface area contributed by atoms with Gasteiger partial charge in [0.1, 0.15) is 0 Å². The van der Waals surface area contributed by atoms with Crippen LogP contribution in [0.4, 0.5) is 0 Å². The Kier molecular flexibility index (Phi) is 4.50. The highest BCUT2D eigenvalue weighted by Gasteiger charge is 2.17. The Morgan fingerprint density at radius 1 is 1.31 bits per heavy atom. The predicted octanol–water partition coefficient (Wildman–Crippen LogP) is 4.11. The highest BCUT2D eigenvalue weighted by molar-refractivity contribution is 7.20. The van der Waals surface area contributed by atoms with E-state index in [9.17, 15) is 0 Å². The molecule has 5 heteroatoms. The van der Waals surface area contributed by atoms with E-state index in [4.69, 9.17) is 23.2 Å². The summed E-state index contributed by atoms with van der Waals surface area (Å²) in [6, 6.07) is 2.19. The second-order valence-corrected chi connectivity index (χ2v) is 6.46. The largest absolute Gasteiger partial charge is 0.248 e. The van der Waals surface area contributed by atoms with E-state index in [1.165, 1.54) is 30.6 Å². The van der Waals surface area contributed by atoms with Crippen molar-refractivity contribution in [3.63, 3.8) is 0 Å². The summed E-state index contributed by atoms with van der Waals surface area (Å²) < 4.78 is 1.55. The van der Waals surface area contributed by atoms with Crippen LogP contribution in [0.5, 0.6) is 0 Å². The maximum atomic E-state index is 6.13. The molecule has 1 aromatic rings. The van der Waals surface area contributed by atoms with E-state index in [0.29, 0.717) is 0 Å². The first-order valence-electron chi connectivity index (χ1n) is 5.62. The van der Waals surface area contributed by atoms with E-state index in [-0.39, 0.29) is 6.04 Å². The van der Waals surface area contributed by atoms with Gasteiger partial charge in [-0.2, -0.15) is 0 Å². The van der Waals surface area contributed by atoms with Gasteiger partial charge in [-0.25, -0.2) is 10.4 Å². The molecule has 0 saturated carbocycles. The molecule has 1 aromatic heterocycles. The van der Waals surface area contributed by atoms with Crippen LogP contribution in [0.25, 0.3) is 0 Å². The Hall–Kier alpha value is 0.200. The zero-order valence-corrected chi connectivity index (χ0v) is 11.6. The van der Waals surface area contributed by atoms with Crippen LogP contribution in [0.1, 0.15) is 37.8 Å². The molecule has 1 unspecified atom stereocenters. The monoisotopic (exact) mass is 278 g/mol. The Morgan fingerprint density at radius 3 is 2.56 bits per heavy atom. The highest BCUT2D eigenvalue weighted by Crippen LogP contribution is 2.34. The minimum absolute atomic E-state index is 0.231. The van der Waals surface area contributed by atoms with Crippen LogP contribution in [0.3, 0.4) is 0 Å². The summed E-state index contributed by atoms with van der Waals surface area (Å²) in [5.74, 6) is 0. The van der Waals surface area contributed by atoms with Crippen molar-refractivity contribution in [3.05, 3.63) is 20.3 Å². The molecule has 1 saturated heterocycles. The molecule has 90 valence electrons. The Bertz CT molecular complexity index is 348. The van der Waals surface area contributed by atoms with E-state index in [2.05, 4.69) is 17.4 Å². The highest BCUT2D eigenvalue weighted by atomic mass is 35.5. The predicted molar refractivity (Wildman–Crippen MR) is 71.3 cm³/mol. The summed E-state index contributed by atoms with van der Waals surface area (Å²) in [6.45, 7) is 4.37. The molecule has 1 aliphatic rings. The molecular weight excluding hydrogens is 263 g/mol. The lowest BCUT2D eigenvalue weighted by Crippen LogP contribution is -2.42. The summed E-state index contributed by atoms with van der Waals surface area (Å²) >= 11 is 13.5. The summed E-state index contributed by atoms with van der Waals surface area (Å²) in [5, 5.41) is 2.29. The van der Waals surface area contributed by atoms with Crippen LogP contribution in [-0.2, 0) is 0 Å². The molecule has 0 radical (unpaired) electrons. The van der Waals surface area contributed by atoms with Gasteiger partial charge in [0.15, 0.2) is 0 Å². The number of hydrogen-bond acceptors (Lipinski definition) is 3. The molecule has 1 aliphatic heterocycles. The lowest BCUT2D eigenvalue weighted by molar-refractivity contribution is 0.133. The number of hydrazine groups is 1. The first-order chi connectivity index (χ1) is 7.66. The maximum absolute atomic E-state index is 6.13. The summed E-state index contributed by atoms with van der Waals surface area (Å²) in [7, 11) is 0. The average molecular weight is 279 g/mol. The van der Waals surface area contributed by atoms with Gasteiger partial charge in [-0.15, -0.1) is 11.3 Å². The summed E-state index contributed by atoms with van der Waals surface area (Å²) in [4.78, 5) is 0. The minimum Gasteiger partial charge on any atom is -0.248 e. The molecule has 2 rings (SSSR count). The van der Waals surface area contributed by atoms with E-state index >= 15 is 0 Å². The lowest BCUT2D eigenvalue weighted by atomic mass is 10.1. The van der Waals surface area contributed by atoms with Crippen LogP contribution in [0.15, 0.2) is 6.07 Å². The van der Waals surface area contributed by atoms with Gasteiger partial charge in [0.25, 0.3) is 0 Å². The van der Waals surface area contributed by atoms with Crippen LogP contribution >= 0.6 is 34.5 Å². The third-order valence-corrected chi connectivity index (χ3v) is 4.40. The second kappa shape index (κ2) is 5.69. The standard InChI is InChI=1S/C11H16Cl2N2S/c1-8(9-7-10(12)16-11(9)13)14-15-5-3-2-4-6-15/h7-8,14H,2-6H2,1H3. The number of nitrogens with one attached hydrogen (secondary N) is 1. The zero-order chi connectivity index (χ0) is 11.5. The fraction of sp³-hybridized carbons (Fsp3) is 0.636. The minimum atomic E-state index is 0.231. The molecule has 0 spiro atoms. The summed E-state index contributed by atoms with van der Waals surface area (Å²) in [5.41, 5.74) is 4.59. The van der Waals surface area contributed by atoms with Crippen molar-refractivity contribution in [2.45, 2.75) is 32.2 Å². The number of nitrogens with zero attached hydrogens (tertiary/aromatic N) is 1. The lowest BCUT2D eigenvalue weighted by Gasteiger charge is -2.30. The van der Waals surface area contributed by atoms with E-state index in [1.54, 1.807) is 0 Å². The first-order valence-corrected chi connectivity index (χ1v) is 7.20. The molecule has 0 bridgehead atoms. The van der Waals surface area contributed by atoms with E-state index in [1.807, 2.05) is 6.07 Å². The number of rotatable bonds is 3. The fourth-order valence-electron chi connectivity index (χ4n) is 2.01. The maximum Gasteiger partial charge on any atom is 0.0992 e. The van der Waals surface area contributed by atoms with Gasteiger partial charge in [0.05, 0.1) is 8.67 Å². The van der Waals surface area contributed by atoms with Gasteiger partial charge in [-0.1, -0.05) is 29.6 Å². The second-order valence-electron chi connectivity index (χ2n) is 4.18. The Morgan fingerprint density at radius 2 is 2.00 bits per heavy atom. The molecule has 0 aromatic carbocycles.